The van der Waals surface area contributed by atoms with E-state index in [4.69, 9.17) is 4.74 Å². The van der Waals surface area contributed by atoms with Crippen molar-refractivity contribution in [3.63, 3.8) is 0 Å². The van der Waals surface area contributed by atoms with Gasteiger partial charge in [-0.25, -0.2) is 4.98 Å². The summed E-state index contributed by atoms with van der Waals surface area (Å²) in [5, 5.41) is 7.86. The second-order valence-electron chi connectivity index (χ2n) is 5.25. The van der Waals surface area contributed by atoms with Crippen LogP contribution in [0.25, 0.3) is 16.3 Å². The van der Waals surface area contributed by atoms with Crippen molar-refractivity contribution >= 4 is 33.5 Å². The molecule has 3 rings (SSSR count). The van der Waals surface area contributed by atoms with Crippen LogP contribution in [0.4, 0.5) is 0 Å². The first-order chi connectivity index (χ1) is 11.7. The highest BCUT2D eigenvalue weighted by Crippen LogP contribution is 2.22. The molecule has 2 heterocycles. The van der Waals surface area contributed by atoms with Crippen molar-refractivity contribution in [1.82, 2.24) is 20.1 Å². The fraction of sp³-hybridized carbons (Fsp3) is 0.235. The first kappa shape index (κ1) is 16.4. The highest BCUT2D eigenvalue weighted by molar-refractivity contribution is 7.19. The van der Waals surface area contributed by atoms with Crippen LogP contribution in [0, 0.1) is 0 Å². The summed E-state index contributed by atoms with van der Waals surface area (Å²) >= 11 is 1.55. The van der Waals surface area contributed by atoms with Crippen LogP contribution >= 0.6 is 11.3 Å². The molecule has 7 heteroatoms. The van der Waals surface area contributed by atoms with Crippen molar-refractivity contribution in [2.24, 2.45) is 7.05 Å². The quantitative estimate of drug-likeness (QED) is 0.699. The maximum atomic E-state index is 12.2. The number of nitrogens with one attached hydrogen (secondary N) is 1. The Hall–Kier alpha value is -2.51. The molecule has 0 fully saturated rings. The number of hydrogen-bond acceptors (Lipinski definition) is 5. The number of aryl methyl sites for hydroxylation is 1. The second kappa shape index (κ2) is 7.37. The van der Waals surface area contributed by atoms with E-state index in [9.17, 15) is 4.79 Å². The number of fused-ring (bicyclic) bond motifs is 1. The molecule has 0 radical (unpaired) electrons. The molecule has 1 aromatic carbocycles. The highest BCUT2D eigenvalue weighted by Gasteiger charge is 2.16. The van der Waals surface area contributed by atoms with Crippen molar-refractivity contribution < 1.29 is 9.53 Å². The van der Waals surface area contributed by atoms with E-state index in [1.165, 1.54) is 6.08 Å². The molecule has 0 aliphatic rings. The Morgan fingerprint density at radius 3 is 2.96 bits per heavy atom. The summed E-state index contributed by atoms with van der Waals surface area (Å²) in [6.45, 7) is 0.375. The summed E-state index contributed by atoms with van der Waals surface area (Å²) in [6.07, 6.45) is 4.92. The van der Waals surface area contributed by atoms with Gasteiger partial charge in [0, 0.05) is 26.4 Å². The lowest BCUT2D eigenvalue weighted by Gasteiger charge is -2.17. The SMILES string of the molecule is COCC(NC(=O)/C=C/c1nc2ccccc2s1)c1ccnn1C. The van der Waals surface area contributed by atoms with Crippen LogP contribution < -0.4 is 5.32 Å². The molecular weight excluding hydrogens is 324 g/mol. The maximum absolute atomic E-state index is 12.2. The average Bonchev–Trinajstić information content (AvgIpc) is 3.18. The number of thiazole rings is 1. The van der Waals surface area contributed by atoms with Crippen LogP contribution in [0.1, 0.15) is 16.7 Å². The summed E-state index contributed by atoms with van der Waals surface area (Å²) < 4.78 is 8.02. The lowest BCUT2D eigenvalue weighted by atomic mass is 10.2. The molecule has 1 N–H and O–H groups in total. The second-order valence-corrected chi connectivity index (χ2v) is 6.31. The first-order valence-corrected chi connectivity index (χ1v) is 8.30. The number of carbonyl (C=O) groups is 1. The Bertz CT molecular complexity index is 835. The van der Waals surface area contributed by atoms with Crippen LogP contribution in [0.2, 0.25) is 0 Å². The van der Waals surface area contributed by atoms with Crippen LogP contribution in [0.3, 0.4) is 0 Å². The Balaban J connectivity index is 1.70. The Labute approximate surface area is 143 Å². The molecule has 1 unspecified atom stereocenters. The molecule has 0 aliphatic heterocycles. The van der Waals surface area contributed by atoms with Gasteiger partial charge in [0.25, 0.3) is 0 Å². The molecule has 0 saturated carbocycles. The van der Waals surface area contributed by atoms with Gasteiger partial charge in [0.1, 0.15) is 5.01 Å². The van der Waals surface area contributed by atoms with E-state index in [0.717, 1.165) is 20.9 Å². The molecule has 3 aromatic rings. The number of para-hydroxylation sites is 1. The molecule has 24 heavy (non-hydrogen) atoms. The van der Waals surface area contributed by atoms with E-state index >= 15 is 0 Å². The predicted molar refractivity (Wildman–Crippen MR) is 94.6 cm³/mol. The van der Waals surface area contributed by atoms with Crippen LogP contribution in [0.15, 0.2) is 42.6 Å². The van der Waals surface area contributed by atoms with Gasteiger partial charge in [-0.1, -0.05) is 12.1 Å². The number of ether oxygens (including phenoxy) is 1. The van der Waals surface area contributed by atoms with Gasteiger partial charge >= 0.3 is 0 Å². The lowest BCUT2D eigenvalue weighted by molar-refractivity contribution is -0.117. The van der Waals surface area contributed by atoms with Crippen molar-refractivity contribution in [2.75, 3.05) is 13.7 Å². The van der Waals surface area contributed by atoms with E-state index < -0.39 is 0 Å². The highest BCUT2D eigenvalue weighted by atomic mass is 32.1. The third-order valence-electron chi connectivity index (χ3n) is 3.55. The molecular formula is C17H18N4O2S. The zero-order valence-electron chi connectivity index (χ0n) is 13.5. The minimum Gasteiger partial charge on any atom is -0.382 e. The summed E-state index contributed by atoms with van der Waals surface area (Å²) in [5.74, 6) is -0.197. The Kier molecular flexibility index (Phi) is 5.02. The number of hydrogen-bond donors (Lipinski definition) is 1. The van der Waals surface area contributed by atoms with Gasteiger partial charge < -0.3 is 10.1 Å². The molecule has 0 spiro atoms. The van der Waals surface area contributed by atoms with Crippen molar-refractivity contribution in [3.05, 3.63) is 53.3 Å². The molecule has 124 valence electrons. The first-order valence-electron chi connectivity index (χ1n) is 7.48. The number of amides is 1. The molecule has 2 aromatic heterocycles. The minimum absolute atomic E-state index is 0.197. The molecule has 0 aliphatic carbocycles. The van der Waals surface area contributed by atoms with Crippen molar-refractivity contribution in [1.29, 1.82) is 0 Å². The third kappa shape index (κ3) is 3.69. The number of aromatic nitrogens is 3. The zero-order chi connectivity index (χ0) is 16.9. The van der Waals surface area contributed by atoms with Crippen LogP contribution in [-0.2, 0) is 16.6 Å². The standard InChI is InChI=1S/C17H18N4O2S/c1-21-14(9-10-18-21)13(11-23-2)19-16(22)7-8-17-20-12-5-3-4-6-15(12)24-17/h3-10,13H,11H2,1-2H3,(H,19,22)/b8-7+. The molecule has 1 amide bonds. The Morgan fingerprint density at radius 2 is 2.25 bits per heavy atom. The minimum atomic E-state index is -0.255. The smallest absolute Gasteiger partial charge is 0.244 e. The van der Waals surface area contributed by atoms with E-state index in [-0.39, 0.29) is 11.9 Å². The number of benzene rings is 1. The van der Waals surface area contributed by atoms with Crippen molar-refractivity contribution in [3.8, 4) is 0 Å². The van der Waals surface area contributed by atoms with E-state index in [1.807, 2.05) is 37.4 Å². The van der Waals surface area contributed by atoms with Gasteiger partial charge in [-0.15, -0.1) is 11.3 Å². The van der Waals surface area contributed by atoms with Gasteiger partial charge in [0.05, 0.1) is 28.6 Å². The van der Waals surface area contributed by atoms with Gasteiger partial charge in [-0.3, -0.25) is 9.48 Å². The zero-order valence-corrected chi connectivity index (χ0v) is 14.3. The van der Waals surface area contributed by atoms with E-state index in [2.05, 4.69) is 15.4 Å². The third-order valence-corrected chi connectivity index (χ3v) is 4.56. The fourth-order valence-electron chi connectivity index (χ4n) is 2.42. The number of methoxy groups -OCH3 is 1. The summed E-state index contributed by atoms with van der Waals surface area (Å²) in [5.41, 5.74) is 1.83. The molecule has 0 saturated heterocycles. The number of carbonyl (C=O) groups excluding carboxylic acids is 1. The molecule has 0 bridgehead atoms. The normalized spacial score (nSPS) is 12.8. The van der Waals surface area contributed by atoms with Gasteiger partial charge in [-0.2, -0.15) is 5.10 Å². The van der Waals surface area contributed by atoms with Crippen molar-refractivity contribution in [2.45, 2.75) is 6.04 Å². The average molecular weight is 342 g/mol. The fourth-order valence-corrected chi connectivity index (χ4v) is 3.29. The summed E-state index contributed by atoms with van der Waals surface area (Å²) in [4.78, 5) is 16.7. The summed E-state index contributed by atoms with van der Waals surface area (Å²) in [6, 6.07) is 9.51. The number of nitrogens with zero attached hydrogens (tertiary/aromatic N) is 3. The van der Waals surface area contributed by atoms with Gasteiger partial charge in [0.2, 0.25) is 5.91 Å². The molecule has 1 atom stereocenters. The maximum Gasteiger partial charge on any atom is 0.244 e. The van der Waals surface area contributed by atoms with E-state index in [0.29, 0.717) is 6.61 Å². The topological polar surface area (TPSA) is 69.0 Å². The largest absolute Gasteiger partial charge is 0.382 e. The van der Waals surface area contributed by atoms with Gasteiger partial charge in [-0.05, 0) is 24.3 Å². The molecule has 6 nitrogen and oxygen atoms in total. The van der Waals surface area contributed by atoms with E-state index in [1.54, 1.807) is 35.4 Å². The summed E-state index contributed by atoms with van der Waals surface area (Å²) in [7, 11) is 3.44. The number of rotatable bonds is 6. The Morgan fingerprint density at radius 1 is 1.42 bits per heavy atom. The van der Waals surface area contributed by atoms with Gasteiger partial charge in [0.15, 0.2) is 0 Å². The lowest BCUT2D eigenvalue weighted by Crippen LogP contribution is -2.31. The predicted octanol–water partition coefficient (Wildman–Crippen LogP) is 2.55. The van der Waals surface area contributed by atoms with Crippen LogP contribution in [0.5, 0.6) is 0 Å². The van der Waals surface area contributed by atoms with Crippen LogP contribution in [-0.4, -0.2) is 34.4 Å². The monoisotopic (exact) mass is 342 g/mol.